The van der Waals surface area contributed by atoms with Crippen LogP contribution in [0.25, 0.3) is 0 Å². The number of hydrogen-bond acceptors (Lipinski definition) is 4. The molecule has 0 radical (unpaired) electrons. The predicted molar refractivity (Wildman–Crippen MR) is 83.6 cm³/mol. The van der Waals surface area contributed by atoms with Gasteiger partial charge in [-0.1, -0.05) is 18.2 Å². The van der Waals surface area contributed by atoms with Crippen molar-refractivity contribution in [3.63, 3.8) is 0 Å². The second-order valence-corrected chi connectivity index (χ2v) is 5.31. The number of nitriles is 1. The predicted octanol–water partition coefficient (Wildman–Crippen LogP) is 2.81. The summed E-state index contributed by atoms with van der Waals surface area (Å²) in [6, 6.07) is 12.7. The second-order valence-electron chi connectivity index (χ2n) is 5.31. The van der Waals surface area contributed by atoms with E-state index in [2.05, 4.69) is 39.5 Å². The minimum Gasteiger partial charge on any atom is -0.339 e. The molecule has 0 spiro atoms. The average Bonchev–Trinajstić information content (AvgIpc) is 2.68. The number of benzene rings is 1. The van der Waals surface area contributed by atoms with E-state index in [1.165, 1.54) is 11.3 Å². The lowest BCUT2D eigenvalue weighted by Crippen LogP contribution is -2.25. The van der Waals surface area contributed by atoms with Crippen LogP contribution in [0, 0.1) is 25.2 Å². The normalized spacial score (nSPS) is 14.2. The minimum atomic E-state index is 0.664. The zero-order valence-corrected chi connectivity index (χ0v) is 12.3. The van der Waals surface area contributed by atoms with Crippen molar-refractivity contribution in [1.29, 1.82) is 5.26 Å². The van der Waals surface area contributed by atoms with Crippen molar-refractivity contribution < 1.29 is 0 Å². The smallest absolute Gasteiger partial charge is 0.103 e. The Morgan fingerprint density at radius 3 is 2.86 bits per heavy atom. The third-order valence-electron chi connectivity index (χ3n) is 3.82. The second kappa shape index (κ2) is 5.55. The third-order valence-corrected chi connectivity index (χ3v) is 3.82. The summed E-state index contributed by atoms with van der Waals surface area (Å²) < 4.78 is 0. The monoisotopic (exact) mass is 278 g/mol. The molecular weight excluding hydrogens is 260 g/mol. The minimum absolute atomic E-state index is 0.664. The van der Waals surface area contributed by atoms with Gasteiger partial charge < -0.3 is 10.2 Å². The Morgan fingerprint density at radius 2 is 2.05 bits per heavy atom. The summed E-state index contributed by atoms with van der Waals surface area (Å²) in [4.78, 5) is 6.65. The van der Waals surface area contributed by atoms with Crippen molar-refractivity contribution in [2.24, 2.45) is 0 Å². The number of aromatic nitrogens is 1. The highest BCUT2D eigenvalue weighted by atomic mass is 15.2. The van der Waals surface area contributed by atoms with Gasteiger partial charge in [0.05, 0.1) is 16.9 Å². The number of pyridine rings is 1. The van der Waals surface area contributed by atoms with E-state index in [1.54, 1.807) is 0 Å². The Balaban J connectivity index is 2.19. The number of anilines is 2. The summed E-state index contributed by atoms with van der Waals surface area (Å²) in [5, 5.41) is 12.9. The van der Waals surface area contributed by atoms with E-state index in [-0.39, 0.29) is 0 Å². The van der Waals surface area contributed by atoms with E-state index in [1.807, 2.05) is 26.0 Å². The first kappa shape index (κ1) is 13.6. The maximum atomic E-state index is 9.51. The molecule has 4 heteroatoms. The van der Waals surface area contributed by atoms with E-state index in [0.717, 1.165) is 36.7 Å². The lowest BCUT2D eigenvalue weighted by molar-refractivity contribution is 0.712. The molecule has 1 N–H and O–H groups in total. The van der Waals surface area contributed by atoms with E-state index < -0.39 is 0 Å². The van der Waals surface area contributed by atoms with Crippen LogP contribution in [-0.4, -0.2) is 18.1 Å². The lowest BCUT2D eigenvalue weighted by atomic mass is 10.1. The average molecular weight is 278 g/mol. The van der Waals surface area contributed by atoms with Crippen LogP contribution < -0.4 is 10.2 Å². The maximum absolute atomic E-state index is 9.51. The summed E-state index contributed by atoms with van der Waals surface area (Å²) in [5.41, 5.74) is 5.78. The third kappa shape index (κ3) is 2.48. The number of para-hydroxylation sites is 1. The summed E-state index contributed by atoms with van der Waals surface area (Å²) in [6.45, 7) is 6.46. The molecule has 21 heavy (non-hydrogen) atoms. The van der Waals surface area contributed by atoms with Crippen LogP contribution in [0.4, 0.5) is 11.4 Å². The molecule has 0 saturated carbocycles. The molecular formula is C17H18N4. The molecule has 0 saturated heterocycles. The molecule has 1 aromatic carbocycles. The molecule has 2 aromatic rings. The number of nitrogens with zero attached hydrogens (tertiary/aromatic N) is 3. The van der Waals surface area contributed by atoms with Gasteiger partial charge in [-0.05, 0) is 31.5 Å². The Labute approximate surface area is 125 Å². The van der Waals surface area contributed by atoms with Gasteiger partial charge in [-0.3, -0.25) is 4.98 Å². The Morgan fingerprint density at radius 1 is 1.24 bits per heavy atom. The molecule has 1 aromatic heterocycles. The first-order chi connectivity index (χ1) is 10.2. The van der Waals surface area contributed by atoms with Gasteiger partial charge in [-0.25, -0.2) is 0 Å². The summed E-state index contributed by atoms with van der Waals surface area (Å²) in [5.74, 6) is 0. The summed E-state index contributed by atoms with van der Waals surface area (Å²) >= 11 is 0. The highest BCUT2D eigenvalue weighted by Crippen LogP contribution is 2.33. The Bertz CT molecular complexity index is 715. The summed E-state index contributed by atoms with van der Waals surface area (Å²) in [7, 11) is 0. The van der Waals surface area contributed by atoms with E-state index in [0.29, 0.717) is 5.56 Å². The highest BCUT2D eigenvalue weighted by molar-refractivity contribution is 5.72. The fourth-order valence-corrected chi connectivity index (χ4v) is 2.87. The van der Waals surface area contributed by atoms with Crippen LogP contribution >= 0.6 is 0 Å². The molecule has 0 atom stereocenters. The van der Waals surface area contributed by atoms with Crippen LogP contribution in [0.5, 0.6) is 0 Å². The van der Waals surface area contributed by atoms with E-state index >= 15 is 0 Å². The van der Waals surface area contributed by atoms with Crippen LogP contribution in [0.3, 0.4) is 0 Å². The molecule has 0 aliphatic carbocycles. The molecule has 106 valence electrons. The van der Waals surface area contributed by atoms with Gasteiger partial charge in [0.2, 0.25) is 0 Å². The first-order valence-corrected chi connectivity index (χ1v) is 7.15. The number of rotatable bonds is 1. The van der Waals surface area contributed by atoms with Crippen molar-refractivity contribution in [1.82, 2.24) is 10.3 Å². The molecule has 3 rings (SSSR count). The highest BCUT2D eigenvalue weighted by Gasteiger charge is 2.20. The van der Waals surface area contributed by atoms with Gasteiger partial charge in [0.25, 0.3) is 0 Å². The van der Waals surface area contributed by atoms with Crippen LogP contribution in [0.15, 0.2) is 30.3 Å². The quantitative estimate of drug-likeness (QED) is 0.871. The van der Waals surface area contributed by atoms with Crippen molar-refractivity contribution in [2.75, 3.05) is 18.0 Å². The maximum Gasteiger partial charge on any atom is 0.103 e. The fraction of sp³-hybridized carbons (Fsp3) is 0.294. The van der Waals surface area contributed by atoms with Crippen LogP contribution in [0.1, 0.15) is 22.5 Å². The van der Waals surface area contributed by atoms with Gasteiger partial charge in [-0.15, -0.1) is 0 Å². The van der Waals surface area contributed by atoms with Crippen molar-refractivity contribution in [2.45, 2.75) is 20.4 Å². The Kier molecular flexibility index (Phi) is 3.59. The molecule has 1 aliphatic heterocycles. The molecule has 0 amide bonds. The fourth-order valence-electron chi connectivity index (χ4n) is 2.87. The standard InChI is InChI=1S/C17H18N4/c1-12-9-17(15(10-18)13(2)20-12)21-8-7-19-11-14-5-3-4-6-16(14)21/h3-6,9,19H,7-8,11H2,1-2H3. The summed E-state index contributed by atoms with van der Waals surface area (Å²) in [6.07, 6.45) is 0. The molecule has 0 unspecified atom stereocenters. The number of fused-ring (bicyclic) bond motifs is 1. The number of hydrogen-bond donors (Lipinski definition) is 1. The lowest BCUT2D eigenvalue weighted by Gasteiger charge is -2.26. The molecule has 0 fully saturated rings. The zero-order valence-electron chi connectivity index (χ0n) is 12.3. The first-order valence-electron chi connectivity index (χ1n) is 7.15. The van der Waals surface area contributed by atoms with Gasteiger partial charge in [0.1, 0.15) is 6.07 Å². The van der Waals surface area contributed by atoms with Crippen LogP contribution in [-0.2, 0) is 6.54 Å². The van der Waals surface area contributed by atoms with E-state index in [4.69, 9.17) is 0 Å². The molecule has 2 heterocycles. The molecule has 4 nitrogen and oxygen atoms in total. The Hall–Kier alpha value is -2.38. The SMILES string of the molecule is Cc1cc(N2CCNCc3ccccc32)c(C#N)c(C)n1. The topological polar surface area (TPSA) is 52.0 Å². The zero-order chi connectivity index (χ0) is 14.8. The van der Waals surface area contributed by atoms with Gasteiger partial charge in [0.15, 0.2) is 0 Å². The van der Waals surface area contributed by atoms with Gasteiger partial charge in [-0.2, -0.15) is 5.26 Å². The van der Waals surface area contributed by atoms with E-state index in [9.17, 15) is 5.26 Å². The van der Waals surface area contributed by atoms with Crippen molar-refractivity contribution in [3.8, 4) is 6.07 Å². The largest absolute Gasteiger partial charge is 0.339 e. The van der Waals surface area contributed by atoms with Crippen molar-refractivity contribution >= 4 is 11.4 Å². The van der Waals surface area contributed by atoms with Crippen LogP contribution in [0.2, 0.25) is 0 Å². The number of nitrogens with one attached hydrogen (secondary N) is 1. The number of aryl methyl sites for hydroxylation is 2. The van der Waals surface area contributed by atoms with Gasteiger partial charge >= 0.3 is 0 Å². The van der Waals surface area contributed by atoms with Crippen molar-refractivity contribution in [3.05, 3.63) is 52.8 Å². The molecule has 1 aliphatic rings. The molecule has 0 bridgehead atoms. The van der Waals surface area contributed by atoms with Gasteiger partial charge in [0, 0.05) is 31.0 Å².